The van der Waals surface area contributed by atoms with E-state index in [1.54, 1.807) is 6.20 Å². The van der Waals surface area contributed by atoms with Crippen molar-refractivity contribution in [2.45, 2.75) is 19.9 Å². The average Bonchev–Trinajstić information content (AvgIpc) is 3.27. The third-order valence-electron chi connectivity index (χ3n) is 5.07. The highest BCUT2D eigenvalue weighted by molar-refractivity contribution is 5.90. The molecule has 1 N–H and O–H groups in total. The molecule has 3 aromatic rings. The first-order valence-electron chi connectivity index (χ1n) is 9.28. The Bertz CT molecular complexity index is 1040. The Kier molecular flexibility index (Phi) is 4.73. The van der Waals surface area contributed by atoms with Gasteiger partial charge in [0.05, 0.1) is 24.5 Å². The van der Waals surface area contributed by atoms with Gasteiger partial charge in [-0.25, -0.2) is 9.48 Å². The lowest BCUT2D eigenvalue weighted by Gasteiger charge is -2.17. The van der Waals surface area contributed by atoms with Crippen LogP contribution in [-0.4, -0.2) is 46.4 Å². The van der Waals surface area contributed by atoms with E-state index >= 15 is 0 Å². The maximum atomic E-state index is 12.3. The molecule has 1 aliphatic rings. The molecule has 0 saturated carbocycles. The fourth-order valence-electron chi connectivity index (χ4n) is 3.59. The van der Waals surface area contributed by atoms with Crippen LogP contribution in [0, 0.1) is 6.92 Å². The third-order valence-corrected chi connectivity index (χ3v) is 5.07. The Balaban J connectivity index is 1.54. The van der Waals surface area contributed by atoms with Crippen molar-refractivity contribution < 1.29 is 14.3 Å². The lowest BCUT2D eigenvalue weighted by atomic mass is 10.1. The number of carbonyl (C=O) groups excluding carboxylic acids is 2. The van der Waals surface area contributed by atoms with Gasteiger partial charge in [-0.3, -0.25) is 9.69 Å². The van der Waals surface area contributed by atoms with Gasteiger partial charge in [-0.05, 0) is 25.3 Å². The fraction of sp³-hybridized carbons (Fsp3) is 0.286. The van der Waals surface area contributed by atoms with Crippen LogP contribution >= 0.6 is 0 Å². The Morgan fingerprint density at radius 2 is 2.04 bits per heavy atom. The van der Waals surface area contributed by atoms with E-state index in [4.69, 9.17) is 4.74 Å². The van der Waals surface area contributed by atoms with Gasteiger partial charge in [-0.1, -0.05) is 36.4 Å². The summed E-state index contributed by atoms with van der Waals surface area (Å²) in [7, 11) is 0. The zero-order valence-corrected chi connectivity index (χ0v) is 15.9. The van der Waals surface area contributed by atoms with Crippen molar-refractivity contribution in [2.24, 2.45) is 0 Å². The first-order valence-corrected chi connectivity index (χ1v) is 9.28. The summed E-state index contributed by atoms with van der Waals surface area (Å²) in [5.74, 6) is -0.219. The highest BCUT2D eigenvalue weighted by atomic mass is 16.6. The molecule has 1 aromatic heterocycles. The van der Waals surface area contributed by atoms with Gasteiger partial charge in [0.25, 0.3) is 0 Å². The second-order valence-electron chi connectivity index (χ2n) is 6.92. The van der Waals surface area contributed by atoms with Crippen LogP contribution in [0.25, 0.3) is 16.5 Å². The van der Waals surface area contributed by atoms with Crippen molar-refractivity contribution in [3.05, 3.63) is 59.9 Å². The molecule has 0 aliphatic carbocycles. The summed E-state index contributed by atoms with van der Waals surface area (Å²) in [6, 6.07) is 14.1. The molecule has 28 heavy (non-hydrogen) atoms. The average molecular weight is 378 g/mol. The molecule has 0 bridgehead atoms. The first kappa shape index (κ1) is 18.0. The van der Waals surface area contributed by atoms with Crippen LogP contribution in [0.2, 0.25) is 0 Å². The number of amides is 2. The number of aromatic nitrogens is 2. The van der Waals surface area contributed by atoms with Crippen molar-refractivity contribution >= 4 is 22.8 Å². The molecule has 2 heterocycles. The highest BCUT2D eigenvalue weighted by Crippen LogP contribution is 2.25. The van der Waals surface area contributed by atoms with Crippen molar-refractivity contribution in [1.29, 1.82) is 0 Å². The molecule has 7 nitrogen and oxygen atoms in total. The molecule has 1 atom stereocenters. The monoisotopic (exact) mass is 378 g/mol. The van der Waals surface area contributed by atoms with Gasteiger partial charge in [0.2, 0.25) is 5.91 Å². The van der Waals surface area contributed by atoms with Crippen LogP contribution in [0.4, 0.5) is 4.79 Å². The number of carbonyl (C=O) groups is 2. The molecule has 1 fully saturated rings. The van der Waals surface area contributed by atoms with E-state index in [1.807, 2.05) is 42.8 Å². The predicted molar refractivity (Wildman–Crippen MR) is 105 cm³/mol. The van der Waals surface area contributed by atoms with Gasteiger partial charge in [-0.2, -0.15) is 5.10 Å². The standard InChI is InChI=1S/C21H22N4O3/c1-14(23-20(26)13-24-10-11-28-21(24)27)18-12-22-25(15(18)2)19-9-5-7-16-6-3-4-8-17(16)19/h3-9,12,14H,10-11,13H2,1-2H3,(H,23,26). The van der Waals surface area contributed by atoms with E-state index in [0.717, 1.165) is 27.7 Å². The molecule has 7 heteroatoms. The molecule has 2 aromatic carbocycles. The van der Waals surface area contributed by atoms with E-state index in [0.29, 0.717) is 13.2 Å². The number of fused-ring (bicyclic) bond motifs is 1. The van der Waals surface area contributed by atoms with Crippen molar-refractivity contribution in [1.82, 2.24) is 20.0 Å². The molecule has 1 unspecified atom stereocenters. The largest absolute Gasteiger partial charge is 0.448 e. The molecule has 1 saturated heterocycles. The number of hydrogen-bond donors (Lipinski definition) is 1. The summed E-state index contributed by atoms with van der Waals surface area (Å²) >= 11 is 0. The molecule has 2 amide bonds. The minimum Gasteiger partial charge on any atom is -0.448 e. The zero-order chi connectivity index (χ0) is 19.7. The third kappa shape index (κ3) is 3.31. The van der Waals surface area contributed by atoms with E-state index in [1.165, 1.54) is 4.90 Å². The number of benzene rings is 2. The summed E-state index contributed by atoms with van der Waals surface area (Å²) in [6.45, 7) is 4.68. The normalized spacial score (nSPS) is 14.9. The Morgan fingerprint density at radius 1 is 1.25 bits per heavy atom. The van der Waals surface area contributed by atoms with E-state index in [-0.39, 0.29) is 18.5 Å². The highest BCUT2D eigenvalue weighted by Gasteiger charge is 2.25. The summed E-state index contributed by atoms with van der Waals surface area (Å²) < 4.78 is 6.76. The molecule has 0 spiro atoms. The number of rotatable bonds is 5. The van der Waals surface area contributed by atoms with Gasteiger partial charge in [0.1, 0.15) is 13.2 Å². The maximum absolute atomic E-state index is 12.3. The molecule has 0 radical (unpaired) electrons. The number of hydrogen-bond acceptors (Lipinski definition) is 4. The second-order valence-corrected chi connectivity index (χ2v) is 6.92. The number of cyclic esters (lactones) is 1. The number of nitrogens with one attached hydrogen (secondary N) is 1. The minimum atomic E-state index is -0.442. The van der Waals surface area contributed by atoms with E-state index in [2.05, 4.69) is 28.6 Å². The maximum Gasteiger partial charge on any atom is 0.410 e. The molecule has 1 aliphatic heterocycles. The molecular formula is C21H22N4O3. The molecule has 144 valence electrons. The SMILES string of the molecule is Cc1c(C(C)NC(=O)CN2CCOC2=O)cnn1-c1cccc2ccccc12. The topological polar surface area (TPSA) is 76.5 Å². The Labute approximate surface area is 162 Å². The van der Waals surface area contributed by atoms with E-state index in [9.17, 15) is 9.59 Å². The summed E-state index contributed by atoms with van der Waals surface area (Å²) in [5.41, 5.74) is 2.90. The Hall–Kier alpha value is -3.35. The minimum absolute atomic E-state index is 0.000317. The zero-order valence-electron chi connectivity index (χ0n) is 15.9. The molecule has 4 rings (SSSR count). The van der Waals surface area contributed by atoms with Crippen LogP contribution in [-0.2, 0) is 9.53 Å². The van der Waals surface area contributed by atoms with Crippen molar-refractivity contribution in [3.8, 4) is 5.69 Å². The van der Waals surface area contributed by atoms with Crippen molar-refractivity contribution in [2.75, 3.05) is 19.7 Å². The summed E-state index contributed by atoms with van der Waals surface area (Å²) in [6.07, 6.45) is 1.34. The van der Waals surface area contributed by atoms with Crippen LogP contribution in [0.1, 0.15) is 24.2 Å². The predicted octanol–water partition coefficient (Wildman–Crippen LogP) is 2.96. The summed E-state index contributed by atoms with van der Waals surface area (Å²) in [5, 5.41) is 9.77. The van der Waals surface area contributed by atoms with E-state index < -0.39 is 6.09 Å². The smallest absolute Gasteiger partial charge is 0.410 e. The Morgan fingerprint density at radius 3 is 2.82 bits per heavy atom. The van der Waals surface area contributed by atoms with Crippen LogP contribution in [0.15, 0.2) is 48.7 Å². The van der Waals surface area contributed by atoms with Gasteiger partial charge in [0.15, 0.2) is 0 Å². The van der Waals surface area contributed by atoms with Crippen LogP contribution in [0.5, 0.6) is 0 Å². The van der Waals surface area contributed by atoms with Crippen molar-refractivity contribution in [3.63, 3.8) is 0 Å². The van der Waals surface area contributed by atoms with Gasteiger partial charge in [-0.15, -0.1) is 0 Å². The van der Waals surface area contributed by atoms with Gasteiger partial charge < -0.3 is 10.1 Å². The first-order chi connectivity index (χ1) is 13.5. The number of ether oxygens (including phenoxy) is 1. The van der Waals surface area contributed by atoms with Gasteiger partial charge >= 0.3 is 6.09 Å². The fourth-order valence-corrected chi connectivity index (χ4v) is 3.59. The number of nitrogens with zero attached hydrogens (tertiary/aromatic N) is 3. The lowest BCUT2D eigenvalue weighted by molar-refractivity contribution is -0.122. The lowest BCUT2D eigenvalue weighted by Crippen LogP contribution is -2.38. The van der Waals surface area contributed by atoms with Crippen LogP contribution < -0.4 is 5.32 Å². The quantitative estimate of drug-likeness (QED) is 0.741. The van der Waals surface area contributed by atoms with Gasteiger partial charge in [0, 0.05) is 16.6 Å². The summed E-state index contributed by atoms with van der Waals surface area (Å²) in [4.78, 5) is 25.2. The molecular weight excluding hydrogens is 356 g/mol. The second kappa shape index (κ2) is 7.34. The van der Waals surface area contributed by atoms with Crippen LogP contribution in [0.3, 0.4) is 0 Å².